The fraction of sp³-hybridized carbons (Fsp3) is 0.500. The Balaban J connectivity index is 2.15. The number of rotatable bonds is 3. The predicted octanol–water partition coefficient (Wildman–Crippen LogP) is 2.78. The molecule has 1 aliphatic heterocycles. The van der Waals surface area contributed by atoms with Gasteiger partial charge in [-0.2, -0.15) is 0 Å². The highest BCUT2D eigenvalue weighted by Gasteiger charge is 2.45. The van der Waals surface area contributed by atoms with E-state index in [1.54, 1.807) is 12.1 Å². The predicted molar refractivity (Wildman–Crippen MR) is 65.2 cm³/mol. The number of carbonyl (C=O) groups is 1. The maximum atomic E-state index is 13.3. The van der Waals surface area contributed by atoms with Crippen LogP contribution >= 0.6 is 0 Å². The van der Waals surface area contributed by atoms with Crippen LogP contribution in [0.15, 0.2) is 12.1 Å². The summed E-state index contributed by atoms with van der Waals surface area (Å²) in [5.74, 6) is 0.133. The van der Waals surface area contributed by atoms with E-state index in [9.17, 15) is 14.3 Å². The maximum absolute atomic E-state index is 13.3. The van der Waals surface area contributed by atoms with E-state index in [4.69, 9.17) is 9.47 Å². The first-order valence-electron chi connectivity index (χ1n) is 6.40. The van der Waals surface area contributed by atoms with Gasteiger partial charge in [-0.3, -0.25) is 4.79 Å². The molecule has 0 aromatic heterocycles. The van der Waals surface area contributed by atoms with Gasteiger partial charge in [0.2, 0.25) is 6.79 Å². The summed E-state index contributed by atoms with van der Waals surface area (Å²) >= 11 is 0. The summed E-state index contributed by atoms with van der Waals surface area (Å²) < 4.78 is 23.8. The van der Waals surface area contributed by atoms with Gasteiger partial charge >= 0.3 is 5.97 Å². The van der Waals surface area contributed by atoms with Gasteiger partial charge in [0.25, 0.3) is 0 Å². The molecule has 1 heterocycles. The molecular weight excluding hydrogens is 251 g/mol. The quantitative estimate of drug-likeness (QED) is 0.914. The summed E-state index contributed by atoms with van der Waals surface area (Å²) in [5, 5.41) is 9.59. The molecule has 0 atom stereocenters. The molecule has 1 saturated carbocycles. The van der Waals surface area contributed by atoms with Gasteiger partial charge in [0.05, 0.1) is 5.41 Å². The van der Waals surface area contributed by atoms with Crippen molar-refractivity contribution >= 4 is 5.97 Å². The van der Waals surface area contributed by atoms with Crippen LogP contribution < -0.4 is 9.47 Å². The molecule has 0 saturated heterocycles. The molecular formula is C14H15FO4. The number of carboxylic acid groups (broad SMARTS) is 1. The van der Waals surface area contributed by atoms with Gasteiger partial charge in [0.1, 0.15) is 6.67 Å². The minimum atomic E-state index is -0.970. The molecule has 0 radical (unpaired) electrons. The third-order valence-electron chi connectivity index (χ3n) is 4.12. The topological polar surface area (TPSA) is 55.8 Å². The van der Waals surface area contributed by atoms with Crippen LogP contribution in [-0.2, 0) is 16.9 Å². The average Bonchev–Trinajstić information content (AvgIpc) is 3.06. The molecule has 3 rings (SSSR count). The van der Waals surface area contributed by atoms with Crippen molar-refractivity contribution in [2.24, 2.45) is 0 Å². The number of hydrogen-bond donors (Lipinski definition) is 1. The van der Waals surface area contributed by atoms with Crippen molar-refractivity contribution in [3.63, 3.8) is 0 Å². The largest absolute Gasteiger partial charge is 0.481 e. The highest BCUT2D eigenvalue weighted by atomic mass is 19.1. The van der Waals surface area contributed by atoms with Crippen molar-refractivity contribution in [3.8, 4) is 11.5 Å². The number of ether oxygens (including phenoxy) is 2. The first kappa shape index (κ1) is 12.3. The zero-order valence-corrected chi connectivity index (χ0v) is 10.4. The standard InChI is InChI=1S/C14H15FO4/c15-7-9-5-11-12(19-8-18-11)6-10(9)14(13(16)17)3-1-2-4-14/h5-6H,1-4,7-8H2,(H,16,17). The number of fused-ring (bicyclic) bond motifs is 1. The number of hydrogen-bond acceptors (Lipinski definition) is 3. The van der Waals surface area contributed by atoms with Gasteiger partial charge in [0, 0.05) is 0 Å². The van der Waals surface area contributed by atoms with E-state index in [-0.39, 0.29) is 6.79 Å². The molecule has 0 unspecified atom stereocenters. The third-order valence-corrected chi connectivity index (χ3v) is 4.12. The zero-order valence-electron chi connectivity index (χ0n) is 10.4. The molecule has 1 aromatic rings. The van der Waals surface area contributed by atoms with Gasteiger partial charge in [-0.15, -0.1) is 0 Å². The minimum absolute atomic E-state index is 0.102. The van der Waals surface area contributed by atoms with Gasteiger partial charge in [0.15, 0.2) is 11.5 Å². The molecule has 0 bridgehead atoms. The Labute approximate surface area is 110 Å². The second-order valence-corrected chi connectivity index (χ2v) is 5.09. The third kappa shape index (κ3) is 1.76. The summed E-state index contributed by atoms with van der Waals surface area (Å²) in [4.78, 5) is 11.7. The highest BCUT2D eigenvalue weighted by molar-refractivity contribution is 5.83. The Morgan fingerprint density at radius 3 is 2.47 bits per heavy atom. The number of benzene rings is 1. The smallest absolute Gasteiger partial charge is 0.314 e. The summed E-state index contributed by atoms with van der Waals surface area (Å²) in [7, 11) is 0. The van der Waals surface area contributed by atoms with Crippen LogP contribution in [0.3, 0.4) is 0 Å². The number of aliphatic carboxylic acids is 1. The minimum Gasteiger partial charge on any atom is -0.481 e. The Morgan fingerprint density at radius 1 is 1.26 bits per heavy atom. The van der Waals surface area contributed by atoms with Crippen LogP contribution in [0.25, 0.3) is 0 Å². The van der Waals surface area contributed by atoms with Crippen molar-refractivity contribution < 1.29 is 23.8 Å². The lowest BCUT2D eigenvalue weighted by atomic mass is 9.76. The highest BCUT2D eigenvalue weighted by Crippen LogP contribution is 2.46. The molecule has 0 spiro atoms. The second-order valence-electron chi connectivity index (χ2n) is 5.09. The van der Waals surface area contributed by atoms with Crippen molar-refractivity contribution in [1.82, 2.24) is 0 Å². The summed E-state index contributed by atoms with van der Waals surface area (Å²) in [6.07, 6.45) is 2.81. The molecule has 5 heteroatoms. The molecule has 1 aromatic carbocycles. The average molecular weight is 266 g/mol. The van der Waals surface area contributed by atoms with Crippen LogP contribution in [0.1, 0.15) is 36.8 Å². The normalized spacial score (nSPS) is 19.6. The van der Waals surface area contributed by atoms with E-state index in [1.165, 1.54) is 0 Å². The lowest BCUT2D eigenvalue weighted by Crippen LogP contribution is -2.33. The fourth-order valence-corrected chi connectivity index (χ4v) is 3.12. The van der Waals surface area contributed by atoms with Crippen molar-refractivity contribution in [2.45, 2.75) is 37.8 Å². The first-order chi connectivity index (χ1) is 9.17. The molecule has 1 fully saturated rings. The molecule has 4 nitrogen and oxygen atoms in total. The Hall–Kier alpha value is -1.78. The van der Waals surface area contributed by atoms with E-state index < -0.39 is 18.1 Å². The number of carboxylic acids is 1. The lowest BCUT2D eigenvalue weighted by molar-refractivity contribution is -0.143. The monoisotopic (exact) mass is 266 g/mol. The van der Waals surface area contributed by atoms with Crippen molar-refractivity contribution in [1.29, 1.82) is 0 Å². The van der Waals surface area contributed by atoms with Crippen LogP contribution in [-0.4, -0.2) is 17.9 Å². The van der Waals surface area contributed by atoms with Crippen molar-refractivity contribution in [2.75, 3.05) is 6.79 Å². The van der Waals surface area contributed by atoms with E-state index in [0.29, 0.717) is 35.5 Å². The Kier molecular flexibility index (Phi) is 2.84. The van der Waals surface area contributed by atoms with Gasteiger partial charge < -0.3 is 14.6 Å². The first-order valence-corrected chi connectivity index (χ1v) is 6.40. The Bertz CT molecular complexity index is 520. The van der Waals surface area contributed by atoms with E-state index in [0.717, 1.165) is 12.8 Å². The molecule has 1 aliphatic carbocycles. The maximum Gasteiger partial charge on any atom is 0.314 e. The second kappa shape index (κ2) is 4.40. The Morgan fingerprint density at radius 2 is 1.89 bits per heavy atom. The van der Waals surface area contributed by atoms with Crippen molar-refractivity contribution in [3.05, 3.63) is 23.3 Å². The fourth-order valence-electron chi connectivity index (χ4n) is 3.12. The van der Waals surface area contributed by atoms with Gasteiger partial charge in [-0.1, -0.05) is 12.8 Å². The lowest BCUT2D eigenvalue weighted by Gasteiger charge is -2.26. The SMILES string of the molecule is O=C(O)C1(c2cc3c(cc2CF)OCO3)CCCC1. The summed E-state index contributed by atoms with van der Waals surface area (Å²) in [6.45, 7) is -0.592. The van der Waals surface area contributed by atoms with Crippen LogP contribution in [0.5, 0.6) is 11.5 Å². The molecule has 102 valence electrons. The molecule has 1 N–H and O–H groups in total. The van der Waals surface area contributed by atoms with Gasteiger partial charge in [-0.05, 0) is 36.1 Å². The zero-order chi connectivity index (χ0) is 13.5. The number of alkyl halides is 1. The summed E-state index contributed by atoms with van der Waals surface area (Å²) in [5.41, 5.74) is -0.0274. The summed E-state index contributed by atoms with van der Waals surface area (Å²) in [6, 6.07) is 3.22. The van der Waals surface area contributed by atoms with Crippen LogP contribution in [0.4, 0.5) is 4.39 Å². The van der Waals surface area contributed by atoms with E-state index in [2.05, 4.69) is 0 Å². The number of halogens is 1. The van der Waals surface area contributed by atoms with Gasteiger partial charge in [-0.25, -0.2) is 4.39 Å². The van der Waals surface area contributed by atoms with Crippen LogP contribution in [0, 0.1) is 0 Å². The van der Waals surface area contributed by atoms with E-state index >= 15 is 0 Å². The molecule has 0 amide bonds. The molecule has 19 heavy (non-hydrogen) atoms. The van der Waals surface area contributed by atoms with E-state index in [1.807, 2.05) is 0 Å². The molecule has 2 aliphatic rings. The van der Waals surface area contributed by atoms with Crippen LogP contribution in [0.2, 0.25) is 0 Å².